The summed E-state index contributed by atoms with van der Waals surface area (Å²) in [7, 11) is 0. The number of piperidine rings is 1. The standard InChI is InChI=1S/C26H24N6O/c33-26(19-10-13-27-14-11-19)32-15-5-7-21(18-32)25-30-23(20-6-4-12-28-17-20)16-24(31-25)29-22-8-2-1-3-9-22/h1-4,6,8-14,16-17,21H,5,7,15,18H2,(H,29,30,31)/t21-/m0/s1. The highest BCUT2D eigenvalue weighted by atomic mass is 16.2. The van der Waals surface area contributed by atoms with Gasteiger partial charge in [0.1, 0.15) is 11.6 Å². The molecule has 1 amide bonds. The Labute approximate surface area is 192 Å². The first-order valence-corrected chi connectivity index (χ1v) is 11.1. The maximum atomic E-state index is 13.0. The Morgan fingerprint density at radius 2 is 1.79 bits per heavy atom. The minimum absolute atomic E-state index is 0.0214. The van der Waals surface area contributed by atoms with Crippen molar-refractivity contribution in [3.63, 3.8) is 0 Å². The van der Waals surface area contributed by atoms with Crippen LogP contribution in [0.15, 0.2) is 85.5 Å². The van der Waals surface area contributed by atoms with Crippen LogP contribution in [-0.4, -0.2) is 43.8 Å². The van der Waals surface area contributed by atoms with E-state index in [1.807, 2.05) is 53.4 Å². The third-order valence-electron chi connectivity index (χ3n) is 5.75. The molecule has 7 heteroatoms. The molecule has 7 nitrogen and oxygen atoms in total. The topological polar surface area (TPSA) is 83.9 Å². The maximum absolute atomic E-state index is 13.0. The van der Waals surface area contributed by atoms with Crippen molar-refractivity contribution in [2.24, 2.45) is 0 Å². The van der Waals surface area contributed by atoms with Gasteiger partial charge < -0.3 is 10.2 Å². The molecule has 33 heavy (non-hydrogen) atoms. The van der Waals surface area contributed by atoms with E-state index >= 15 is 0 Å². The lowest BCUT2D eigenvalue weighted by Gasteiger charge is -2.32. The van der Waals surface area contributed by atoms with Crippen molar-refractivity contribution < 1.29 is 4.79 Å². The number of rotatable bonds is 5. The summed E-state index contributed by atoms with van der Waals surface area (Å²) in [6.45, 7) is 1.32. The molecule has 1 aliphatic heterocycles. The Kier molecular flexibility index (Phi) is 6.01. The van der Waals surface area contributed by atoms with E-state index in [1.165, 1.54) is 0 Å². The highest BCUT2D eigenvalue weighted by molar-refractivity contribution is 5.94. The van der Waals surface area contributed by atoms with Crippen LogP contribution in [0.2, 0.25) is 0 Å². The quantitative estimate of drug-likeness (QED) is 0.488. The summed E-state index contributed by atoms with van der Waals surface area (Å²) in [4.78, 5) is 32.9. The molecule has 1 aliphatic rings. The van der Waals surface area contributed by atoms with Crippen LogP contribution in [0.5, 0.6) is 0 Å². The number of nitrogens with zero attached hydrogens (tertiary/aromatic N) is 5. The Morgan fingerprint density at radius 1 is 0.939 bits per heavy atom. The van der Waals surface area contributed by atoms with Gasteiger partial charge in [0, 0.05) is 66.7 Å². The van der Waals surface area contributed by atoms with Crippen molar-refractivity contribution in [1.82, 2.24) is 24.8 Å². The summed E-state index contributed by atoms with van der Waals surface area (Å²) in [5.74, 6) is 1.54. The van der Waals surface area contributed by atoms with Crippen LogP contribution < -0.4 is 5.32 Å². The van der Waals surface area contributed by atoms with Gasteiger partial charge in [-0.2, -0.15) is 0 Å². The molecule has 1 saturated heterocycles. The van der Waals surface area contributed by atoms with E-state index in [4.69, 9.17) is 9.97 Å². The molecule has 0 aliphatic carbocycles. The Hall–Kier alpha value is -4.13. The number of hydrogen-bond acceptors (Lipinski definition) is 6. The van der Waals surface area contributed by atoms with E-state index < -0.39 is 0 Å². The van der Waals surface area contributed by atoms with Crippen molar-refractivity contribution in [2.45, 2.75) is 18.8 Å². The van der Waals surface area contributed by atoms with Gasteiger partial charge >= 0.3 is 0 Å². The van der Waals surface area contributed by atoms with Crippen molar-refractivity contribution >= 4 is 17.4 Å². The zero-order valence-corrected chi connectivity index (χ0v) is 18.1. The van der Waals surface area contributed by atoms with Gasteiger partial charge in [-0.1, -0.05) is 18.2 Å². The van der Waals surface area contributed by atoms with Crippen molar-refractivity contribution in [2.75, 3.05) is 18.4 Å². The van der Waals surface area contributed by atoms with Crippen LogP contribution in [-0.2, 0) is 0 Å². The van der Waals surface area contributed by atoms with E-state index in [-0.39, 0.29) is 11.8 Å². The summed E-state index contributed by atoms with van der Waals surface area (Å²) in [6, 6.07) is 19.3. The molecule has 0 bridgehead atoms. The van der Waals surface area contributed by atoms with Crippen LogP contribution in [0, 0.1) is 0 Å². The van der Waals surface area contributed by atoms with Gasteiger partial charge in [0.05, 0.1) is 5.69 Å². The monoisotopic (exact) mass is 436 g/mol. The van der Waals surface area contributed by atoms with Crippen molar-refractivity contribution in [3.05, 3.63) is 96.8 Å². The number of nitrogens with one attached hydrogen (secondary N) is 1. The van der Waals surface area contributed by atoms with Crippen LogP contribution in [0.1, 0.15) is 34.9 Å². The minimum Gasteiger partial charge on any atom is -0.340 e. The molecule has 164 valence electrons. The SMILES string of the molecule is O=C(c1ccncc1)N1CCC[C@H](c2nc(Nc3ccccc3)cc(-c3cccnc3)n2)C1. The molecule has 1 N–H and O–H groups in total. The minimum atomic E-state index is 0.0214. The number of anilines is 2. The second-order valence-corrected chi connectivity index (χ2v) is 8.06. The Balaban J connectivity index is 1.46. The van der Waals surface area contributed by atoms with Gasteiger partial charge in [-0.25, -0.2) is 9.97 Å². The average molecular weight is 437 g/mol. The van der Waals surface area contributed by atoms with Gasteiger partial charge in [0.25, 0.3) is 5.91 Å². The molecule has 0 spiro atoms. The molecule has 5 rings (SSSR count). The number of benzene rings is 1. The summed E-state index contributed by atoms with van der Waals surface area (Å²) in [6.07, 6.45) is 8.69. The first kappa shape index (κ1) is 20.8. The van der Waals surface area contributed by atoms with E-state index in [9.17, 15) is 4.79 Å². The highest BCUT2D eigenvalue weighted by Gasteiger charge is 2.28. The largest absolute Gasteiger partial charge is 0.340 e. The smallest absolute Gasteiger partial charge is 0.253 e. The Bertz CT molecular complexity index is 1220. The molecule has 3 aromatic heterocycles. The number of hydrogen-bond donors (Lipinski definition) is 1. The second kappa shape index (κ2) is 9.56. The summed E-state index contributed by atoms with van der Waals surface area (Å²) < 4.78 is 0. The van der Waals surface area contributed by atoms with Crippen LogP contribution in [0.3, 0.4) is 0 Å². The number of pyridine rings is 2. The summed E-state index contributed by atoms with van der Waals surface area (Å²) in [5.41, 5.74) is 3.35. The number of para-hydroxylation sites is 1. The lowest BCUT2D eigenvalue weighted by atomic mass is 9.96. The number of likely N-dealkylation sites (tertiary alicyclic amines) is 1. The van der Waals surface area contributed by atoms with Gasteiger partial charge in [0.2, 0.25) is 0 Å². The maximum Gasteiger partial charge on any atom is 0.253 e. The molecule has 4 heterocycles. The zero-order chi connectivity index (χ0) is 22.5. The van der Waals surface area contributed by atoms with Crippen molar-refractivity contribution in [3.8, 4) is 11.3 Å². The normalized spacial score (nSPS) is 15.8. The highest BCUT2D eigenvalue weighted by Crippen LogP contribution is 2.29. The average Bonchev–Trinajstić information content (AvgIpc) is 2.90. The molecule has 1 atom stereocenters. The number of aromatic nitrogens is 4. The van der Waals surface area contributed by atoms with Crippen LogP contribution in [0.4, 0.5) is 11.5 Å². The molecule has 0 unspecified atom stereocenters. The predicted octanol–water partition coefficient (Wildman–Crippen LogP) is 4.70. The zero-order valence-electron chi connectivity index (χ0n) is 18.1. The molecule has 4 aromatic rings. The first-order valence-electron chi connectivity index (χ1n) is 11.1. The van der Waals surface area contributed by atoms with Gasteiger partial charge in [0.15, 0.2) is 0 Å². The molecular formula is C26H24N6O. The predicted molar refractivity (Wildman–Crippen MR) is 127 cm³/mol. The third kappa shape index (κ3) is 4.87. The van der Waals surface area contributed by atoms with E-state index in [2.05, 4.69) is 15.3 Å². The first-order chi connectivity index (χ1) is 16.3. The molecular weight excluding hydrogens is 412 g/mol. The van der Waals surface area contributed by atoms with Gasteiger partial charge in [-0.3, -0.25) is 14.8 Å². The number of amides is 1. The fraction of sp³-hybridized carbons (Fsp3) is 0.192. The van der Waals surface area contributed by atoms with Crippen molar-refractivity contribution in [1.29, 1.82) is 0 Å². The number of carbonyl (C=O) groups excluding carboxylic acids is 1. The van der Waals surface area contributed by atoms with Crippen LogP contribution in [0.25, 0.3) is 11.3 Å². The summed E-state index contributed by atoms with van der Waals surface area (Å²) >= 11 is 0. The van der Waals surface area contributed by atoms with Crippen LogP contribution >= 0.6 is 0 Å². The van der Waals surface area contributed by atoms with E-state index in [1.54, 1.807) is 36.9 Å². The second-order valence-electron chi connectivity index (χ2n) is 8.06. The summed E-state index contributed by atoms with van der Waals surface area (Å²) in [5, 5.41) is 3.39. The fourth-order valence-electron chi connectivity index (χ4n) is 4.09. The molecule has 0 radical (unpaired) electrons. The lowest BCUT2D eigenvalue weighted by Crippen LogP contribution is -2.39. The molecule has 1 aromatic carbocycles. The third-order valence-corrected chi connectivity index (χ3v) is 5.75. The molecule has 0 saturated carbocycles. The Morgan fingerprint density at radius 3 is 2.58 bits per heavy atom. The van der Waals surface area contributed by atoms with Gasteiger partial charge in [-0.05, 0) is 49.2 Å². The lowest BCUT2D eigenvalue weighted by molar-refractivity contribution is 0.0704. The number of carbonyl (C=O) groups is 1. The van der Waals surface area contributed by atoms with E-state index in [0.717, 1.165) is 48.0 Å². The van der Waals surface area contributed by atoms with E-state index in [0.29, 0.717) is 12.1 Å². The fourth-order valence-corrected chi connectivity index (χ4v) is 4.09. The van der Waals surface area contributed by atoms with Gasteiger partial charge in [-0.15, -0.1) is 0 Å². The molecule has 1 fully saturated rings.